The maximum Gasteiger partial charge on any atom is 0.394 e. The van der Waals surface area contributed by atoms with Crippen molar-refractivity contribution in [3.63, 3.8) is 0 Å². The van der Waals surface area contributed by atoms with Crippen molar-refractivity contribution in [3.8, 4) is 0 Å². The van der Waals surface area contributed by atoms with E-state index in [0.29, 0.717) is 11.8 Å². The summed E-state index contributed by atoms with van der Waals surface area (Å²) in [5.74, 6) is -3.79. The third-order valence-corrected chi connectivity index (χ3v) is 5.73. The predicted octanol–water partition coefficient (Wildman–Crippen LogP) is 2.53. The van der Waals surface area contributed by atoms with Gasteiger partial charge in [0.1, 0.15) is 0 Å². The van der Waals surface area contributed by atoms with Gasteiger partial charge in [0.05, 0.1) is 11.8 Å². The second kappa shape index (κ2) is 5.42. The molecule has 1 N–H and O–H groups in total. The van der Waals surface area contributed by atoms with E-state index in [1.807, 2.05) is 0 Å². The van der Waals surface area contributed by atoms with Crippen LogP contribution in [-0.2, 0) is 9.59 Å². The molecule has 3 unspecified atom stereocenters. The summed E-state index contributed by atoms with van der Waals surface area (Å²) in [7, 11) is 0. The minimum atomic E-state index is -4.58. The minimum Gasteiger partial charge on any atom is -0.481 e. The van der Waals surface area contributed by atoms with Crippen LogP contribution in [0.5, 0.6) is 0 Å². The fourth-order valence-corrected chi connectivity index (χ4v) is 4.57. The molecule has 1 aliphatic heterocycles. The highest BCUT2D eigenvalue weighted by Crippen LogP contribution is 2.50. The Hall–Kier alpha value is -1.27. The highest BCUT2D eigenvalue weighted by atomic mass is 19.4. The molecular weight excluding hydrogens is 299 g/mol. The SMILES string of the molecule is O=C(O)[C@@H]1CN(C(=O)CC2CC3CCC2C3)C[C@H]1C(F)(F)F. The molecule has 2 aliphatic carbocycles. The van der Waals surface area contributed by atoms with Crippen molar-refractivity contribution in [1.29, 1.82) is 0 Å². The molecule has 5 atom stereocenters. The molecule has 0 radical (unpaired) electrons. The van der Waals surface area contributed by atoms with Crippen molar-refractivity contribution in [2.75, 3.05) is 13.1 Å². The van der Waals surface area contributed by atoms with Gasteiger partial charge in [0.25, 0.3) is 0 Å². The molecule has 3 rings (SSSR count). The fraction of sp³-hybridized carbons (Fsp3) is 0.867. The largest absolute Gasteiger partial charge is 0.481 e. The van der Waals surface area contributed by atoms with Crippen molar-refractivity contribution in [1.82, 2.24) is 4.90 Å². The van der Waals surface area contributed by atoms with Crippen LogP contribution in [0.25, 0.3) is 0 Å². The Bertz CT molecular complexity index is 479. The summed E-state index contributed by atoms with van der Waals surface area (Å²) in [6.07, 6.45) is 0.153. The zero-order valence-corrected chi connectivity index (χ0v) is 12.2. The maximum atomic E-state index is 12.9. The van der Waals surface area contributed by atoms with Crippen LogP contribution in [0.4, 0.5) is 13.2 Å². The first-order valence-corrected chi connectivity index (χ1v) is 7.83. The topological polar surface area (TPSA) is 57.6 Å². The van der Waals surface area contributed by atoms with E-state index >= 15 is 0 Å². The molecule has 1 saturated heterocycles. The lowest BCUT2D eigenvalue weighted by atomic mass is 9.86. The van der Waals surface area contributed by atoms with E-state index in [0.717, 1.165) is 24.2 Å². The summed E-state index contributed by atoms with van der Waals surface area (Å²) in [6, 6.07) is 0. The molecule has 0 spiro atoms. The van der Waals surface area contributed by atoms with Crippen molar-refractivity contribution in [2.45, 2.75) is 38.3 Å². The molecule has 7 heteroatoms. The molecule has 0 aromatic carbocycles. The molecule has 4 nitrogen and oxygen atoms in total. The quantitative estimate of drug-likeness (QED) is 0.870. The van der Waals surface area contributed by atoms with E-state index in [1.54, 1.807) is 0 Å². The molecular formula is C15H20F3NO3. The number of amides is 1. The van der Waals surface area contributed by atoms with Crippen LogP contribution < -0.4 is 0 Å². The van der Waals surface area contributed by atoms with Crippen LogP contribution in [0.1, 0.15) is 32.1 Å². The molecule has 3 fully saturated rings. The van der Waals surface area contributed by atoms with Gasteiger partial charge in [0, 0.05) is 19.5 Å². The summed E-state index contributed by atoms with van der Waals surface area (Å²) in [5, 5.41) is 8.98. The Kier molecular flexibility index (Phi) is 3.85. The number of carboxylic acid groups (broad SMARTS) is 1. The molecule has 2 saturated carbocycles. The normalized spacial score (nSPS) is 37.8. The van der Waals surface area contributed by atoms with Gasteiger partial charge in [-0.2, -0.15) is 13.2 Å². The molecule has 2 bridgehead atoms. The van der Waals surface area contributed by atoms with E-state index < -0.39 is 30.5 Å². The Morgan fingerprint density at radius 3 is 2.32 bits per heavy atom. The Morgan fingerprint density at radius 2 is 1.86 bits per heavy atom. The van der Waals surface area contributed by atoms with Crippen LogP contribution >= 0.6 is 0 Å². The van der Waals surface area contributed by atoms with Crippen LogP contribution in [0.2, 0.25) is 0 Å². The number of fused-ring (bicyclic) bond motifs is 2. The lowest BCUT2D eigenvalue weighted by Gasteiger charge is -2.24. The molecule has 0 aromatic rings. The zero-order chi connectivity index (χ0) is 16.1. The summed E-state index contributed by atoms with van der Waals surface area (Å²) >= 11 is 0. The van der Waals surface area contributed by atoms with Gasteiger partial charge in [-0.15, -0.1) is 0 Å². The molecule has 1 heterocycles. The van der Waals surface area contributed by atoms with Gasteiger partial charge in [-0.25, -0.2) is 0 Å². The maximum absolute atomic E-state index is 12.9. The third-order valence-electron chi connectivity index (χ3n) is 5.73. The van der Waals surface area contributed by atoms with Crippen molar-refractivity contribution in [2.24, 2.45) is 29.6 Å². The number of nitrogens with zero attached hydrogens (tertiary/aromatic N) is 1. The van der Waals surface area contributed by atoms with Crippen molar-refractivity contribution in [3.05, 3.63) is 0 Å². The molecule has 3 aliphatic rings. The van der Waals surface area contributed by atoms with Gasteiger partial charge >= 0.3 is 12.1 Å². The van der Waals surface area contributed by atoms with Gasteiger partial charge < -0.3 is 10.0 Å². The Balaban J connectivity index is 1.62. The number of carboxylic acids is 1. The summed E-state index contributed by atoms with van der Waals surface area (Å²) < 4.78 is 38.8. The average Bonchev–Trinajstić information content (AvgIpc) is 3.12. The number of carbonyl (C=O) groups excluding carboxylic acids is 1. The Morgan fingerprint density at radius 1 is 1.14 bits per heavy atom. The molecule has 1 amide bonds. The standard InChI is InChI=1S/C15H20F3NO3/c16-15(17,18)12-7-19(6-11(12)14(21)22)13(20)5-10-4-8-1-2-9(10)3-8/h8-12H,1-7H2,(H,21,22)/t8?,9?,10?,11-,12-/m1/s1. The summed E-state index contributed by atoms with van der Waals surface area (Å²) in [5.41, 5.74) is 0. The van der Waals surface area contributed by atoms with E-state index in [1.165, 1.54) is 6.42 Å². The second-order valence-electron chi connectivity index (χ2n) is 7.03. The van der Waals surface area contributed by atoms with Crippen LogP contribution in [0.3, 0.4) is 0 Å². The minimum absolute atomic E-state index is 0.276. The highest BCUT2D eigenvalue weighted by molar-refractivity contribution is 5.79. The fourth-order valence-electron chi connectivity index (χ4n) is 4.57. The van der Waals surface area contributed by atoms with Gasteiger partial charge in [0.15, 0.2) is 0 Å². The highest BCUT2D eigenvalue weighted by Gasteiger charge is 2.53. The number of rotatable bonds is 3. The molecule has 0 aromatic heterocycles. The van der Waals surface area contributed by atoms with E-state index in [-0.39, 0.29) is 24.8 Å². The van der Waals surface area contributed by atoms with Crippen molar-refractivity contribution < 1.29 is 27.9 Å². The van der Waals surface area contributed by atoms with Gasteiger partial charge in [0.2, 0.25) is 5.91 Å². The first-order chi connectivity index (χ1) is 10.3. The third kappa shape index (κ3) is 2.82. The van der Waals surface area contributed by atoms with Gasteiger partial charge in [-0.05, 0) is 37.0 Å². The number of hydrogen-bond acceptors (Lipinski definition) is 2. The lowest BCUT2D eigenvalue weighted by Crippen LogP contribution is -2.34. The monoisotopic (exact) mass is 319 g/mol. The Labute approximate surface area is 126 Å². The number of hydrogen-bond donors (Lipinski definition) is 1. The van der Waals surface area contributed by atoms with Crippen LogP contribution in [0.15, 0.2) is 0 Å². The second-order valence-corrected chi connectivity index (χ2v) is 7.03. The van der Waals surface area contributed by atoms with Crippen molar-refractivity contribution >= 4 is 11.9 Å². The molecule has 22 heavy (non-hydrogen) atoms. The number of carbonyl (C=O) groups is 2. The number of likely N-dealkylation sites (tertiary alicyclic amines) is 1. The summed E-state index contributed by atoms with van der Waals surface area (Å²) in [4.78, 5) is 24.4. The molecule has 124 valence electrons. The number of aliphatic carboxylic acids is 1. The first kappa shape index (κ1) is 15.6. The predicted molar refractivity (Wildman–Crippen MR) is 70.8 cm³/mol. The first-order valence-electron chi connectivity index (χ1n) is 7.83. The lowest BCUT2D eigenvalue weighted by molar-refractivity contribution is -0.188. The van der Waals surface area contributed by atoms with Crippen LogP contribution in [-0.4, -0.2) is 41.1 Å². The zero-order valence-electron chi connectivity index (χ0n) is 12.2. The average molecular weight is 319 g/mol. The van der Waals surface area contributed by atoms with Gasteiger partial charge in [-0.3, -0.25) is 9.59 Å². The number of halogens is 3. The van der Waals surface area contributed by atoms with E-state index in [4.69, 9.17) is 5.11 Å². The summed E-state index contributed by atoms with van der Waals surface area (Å²) in [6.45, 7) is -0.834. The smallest absolute Gasteiger partial charge is 0.394 e. The van der Waals surface area contributed by atoms with Crippen LogP contribution in [0, 0.1) is 29.6 Å². The number of alkyl halides is 3. The van der Waals surface area contributed by atoms with Gasteiger partial charge in [-0.1, -0.05) is 6.42 Å². The van der Waals surface area contributed by atoms with E-state index in [9.17, 15) is 22.8 Å². The van der Waals surface area contributed by atoms with E-state index in [2.05, 4.69) is 0 Å².